The van der Waals surface area contributed by atoms with E-state index in [1.165, 1.54) is 25.3 Å². The minimum atomic E-state index is -0.972. The van der Waals surface area contributed by atoms with Gasteiger partial charge in [0.15, 0.2) is 0 Å². The molecule has 80 valence electrons. The summed E-state index contributed by atoms with van der Waals surface area (Å²) in [7, 11) is 0. The molecule has 0 atom stereocenters. The molecule has 1 heterocycles. The highest BCUT2D eigenvalue weighted by atomic mass is 16.4. The smallest absolute Gasteiger partial charge is 0.354 e. The van der Waals surface area contributed by atoms with Gasteiger partial charge in [0.1, 0.15) is 5.69 Å². The van der Waals surface area contributed by atoms with Crippen molar-refractivity contribution in [3.8, 4) is 0 Å². The van der Waals surface area contributed by atoms with Crippen molar-refractivity contribution in [2.24, 2.45) is 0 Å². The minimum Gasteiger partial charge on any atom is -0.477 e. The highest BCUT2D eigenvalue weighted by Crippen LogP contribution is 2.18. The molecule has 1 aromatic rings. The maximum Gasteiger partial charge on any atom is 0.354 e. The van der Waals surface area contributed by atoms with E-state index in [0.717, 1.165) is 5.69 Å². The first-order chi connectivity index (χ1) is 7.25. The SMILES string of the molecule is O=C(O)c1cccc(CNC2CCC2)n1. The summed E-state index contributed by atoms with van der Waals surface area (Å²) in [5.41, 5.74) is 0.907. The lowest BCUT2D eigenvalue weighted by Gasteiger charge is -2.26. The Kier molecular flexibility index (Phi) is 2.97. The van der Waals surface area contributed by atoms with Crippen LogP contribution in [-0.2, 0) is 6.54 Å². The van der Waals surface area contributed by atoms with Crippen molar-refractivity contribution in [3.63, 3.8) is 0 Å². The topological polar surface area (TPSA) is 62.2 Å². The van der Waals surface area contributed by atoms with Gasteiger partial charge in [-0.15, -0.1) is 0 Å². The maximum atomic E-state index is 10.7. The van der Waals surface area contributed by atoms with Gasteiger partial charge in [-0.05, 0) is 25.0 Å². The summed E-state index contributed by atoms with van der Waals surface area (Å²) in [4.78, 5) is 14.7. The van der Waals surface area contributed by atoms with Crippen molar-refractivity contribution in [1.29, 1.82) is 0 Å². The van der Waals surface area contributed by atoms with E-state index in [4.69, 9.17) is 5.11 Å². The van der Waals surface area contributed by atoms with Crippen molar-refractivity contribution < 1.29 is 9.90 Å². The first kappa shape index (κ1) is 10.1. The Morgan fingerprint density at radius 2 is 2.33 bits per heavy atom. The largest absolute Gasteiger partial charge is 0.477 e. The highest BCUT2D eigenvalue weighted by molar-refractivity contribution is 5.85. The normalized spacial score (nSPS) is 16.0. The van der Waals surface area contributed by atoms with Crippen LogP contribution in [0.1, 0.15) is 35.4 Å². The maximum absolute atomic E-state index is 10.7. The summed E-state index contributed by atoms with van der Waals surface area (Å²) in [6.45, 7) is 0.659. The molecule has 0 saturated heterocycles. The molecule has 0 bridgehead atoms. The molecule has 4 heteroatoms. The first-order valence-electron chi connectivity index (χ1n) is 5.18. The highest BCUT2D eigenvalue weighted by Gasteiger charge is 2.16. The van der Waals surface area contributed by atoms with E-state index >= 15 is 0 Å². The molecule has 1 fully saturated rings. The predicted molar refractivity (Wildman–Crippen MR) is 55.7 cm³/mol. The molecule has 2 rings (SSSR count). The average Bonchev–Trinajstić information content (AvgIpc) is 2.16. The van der Waals surface area contributed by atoms with Gasteiger partial charge in [-0.1, -0.05) is 12.5 Å². The van der Waals surface area contributed by atoms with Gasteiger partial charge in [0, 0.05) is 12.6 Å². The average molecular weight is 206 g/mol. The molecule has 0 amide bonds. The first-order valence-corrected chi connectivity index (χ1v) is 5.18. The molecule has 1 aromatic heterocycles. The lowest BCUT2D eigenvalue weighted by Crippen LogP contribution is -2.34. The summed E-state index contributed by atoms with van der Waals surface area (Å²) in [5, 5.41) is 12.1. The summed E-state index contributed by atoms with van der Waals surface area (Å²) < 4.78 is 0. The van der Waals surface area contributed by atoms with Gasteiger partial charge < -0.3 is 10.4 Å². The third-order valence-electron chi connectivity index (χ3n) is 2.70. The standard InChI is InChI=1S/C11H14N2O2/c14-11(15)10-6-2-5-9(13-10)7-12-8-3-1-4-8/h2,5-6,8,12H,1,3-4,7H2,(H,14,15). The van der Waals surface area contributed by atoms with Crippen LogP contribution >= 0.6 is 0 Å². The van der Waals surface area contributed by atoms with Gasteiger partial charge in [-0.25, -0.2) is 9.78 Å². The molecule has 0 aromatic carbocycles. The molecule has 0 radical (unpaired) electrons. The van der Waals surface area contributed by atoms with E-state index in [1.807, 2.05) is 6.07 Å². The second-order valence-corrected chi connectivity index (χ2v) is 3.83. The van der Waals surface area contributed by atoms with Gasteiger partial charge >= 0.3 is 5.97 Å². The lowest BCUT2D eigenvalue weighted by molar-refractivity contribution is 0.0690. The van der Waals surface area contributed by atoms with E-state index in [2.05, 4.69) is 10.3 Å². The Balaban J connectivity index is 1.94. The number of pyridine rings is 1. The van der Waals surface area contributed by atoms with Gasteiger partial charge in [0.05, 0.1) is 5.69 Å². The Bertz CT molecular complexity index is 361. The number of carboxylic acids is 1. The molecule has 1 aliphatic rings. The molecular weight excluding hydrogens is 192 g/mol. The Morgan fingerprint density at radius 3 is 2.93 bits per heavy atom. The van der Waals surface area contributed by atoms with Crippen LogP contribution in [0.5, 0.6) is 0 Å². The van der Waals surface area contributed by atoms with Crippen LogP contribution in [0.15, 0.2) is 18.2 Å². The van der Waals surface area contributed by atoms with Crippen LogP contribution in [0.2, 0.25) is 0 Å². The molecule has 0 aliphatic heterocycles. The number of carboxylic acid groups (broad SMARTS) is 1. The molecule has 1 aliphatic carbocycles. The Morgan fingerprint density at radius 1 is 1.53 bits per heavy atom. The number of hydrogen-bond donors (Lipinski definition) is 2. The Hall–Kier alpha value is -1.42. The molecule has 15 heavy (non-hydrogen) atoms. The van der Waals surface area contributed by atoms with Crippen molar-refractivity contribution in [2.75, 3.05) is 0 Å². The van der Waals surface area contributed by atoms with Crippen molar-refractivity contribution in [3.05, 3.63) is 29.6 Å². The van der Waals surface area contributed by atoms with E-state index in [0.29, 0.717) is 12.6 Å². The van der Waals surface area contributed by atoms with Gasteiger partial charge in [0.25, 0.3) is 0 Å². The van der Waals surface area contributed by atoms with Gasteiger partial charge in [0.2, 0.25) is 0 Å². The summed E-state index contributed by atoms with van der Waals surface area (Å²) in [5.74, 6) is -0.972. The van der Waals surface area contributed by atoms with E-state index < -0.39 is 5.97 Å². The summed E-state index contributed by atoms with van der Waals surface area (Å²) in [6, 6.07) is 5.68. The fraction of sp³-hybridized carbons (Fsp3) is 0.455. The van der Waals surface area contributed by atoms with Crippen LogP contribution in [0.25, 0.3) is 0 Å². The number of rotatable bonds is 4. The number of nitrogens with zero attached hydrogens (tertiary/aromatic N) is 1. The molecule has 0 unspecified atom stereocenters. The monoisotopic (exact) mass is 206 g/mol. The quantitative estimate of drug-likeness (QED) is 0.782. The van der Waals surface area contributed by atoms with E-state index in [-0.39, 0.29) is 5.69 Å². The van der Waals surface area contributed by atoms with Gasteiger partial charge in [-0.3, -0.25) is 0 Å². The zero-order chi connectivity index (χ0) is 10.7. The summed E-state index contributed by atoms with van der Waals surface area (Å²) >= 11 is 0. The molecular formula is C11H14N2O2. The second-order valence-electron chi connectivity index (χ2n) is 3.83. The number of hydrogen-bond acceptors (Lipinski definition) is 3. The van der Waals surface area contributed by atoms with Crippen LogP contribution in [0.3, 0.4) is 0 Å². The van der Waals surface area contributed by atoms with Crippen molar-refractivity contribution in [1.82, 2.24) is 10.3 Å². The third kappa shape index (κ3) is 2.53. The molecule has 1 saturated carbocycles. The number of nitrogens with one attached hydrogen (secondary N) is 1. The molecule has 0 spiro atoms. The summed E-state index contributed by atoms with van der Waals surface area (Å²) in [6.07, 6.45) is 3.73. The van der Waals surface area contributed by atoms with Crippen LogP contribution in [-0.4, -0.2) is 22.1 Å². The van der Waals surface area contributed by atoms with E-state index in [9.17, 15) is 4.79 Å². The number of aromatic carboxylic acids is 1. The third-order valence-corrected chi connectivity index (χ3v) is 2.70. The fourth-order valence-electron chi connectivity index (χ4n) is 1.56. The fourth-order valence-corrected chi connectivity index (χ4v) is 1.56. The zero-order valence-corrected chi connectivity index (χ0v) is 8.44. The van der Waals surface area contributed by atoms with Crippen LogP contribution < -0.4 is 5.32 Å². The van der Waals surface area contributed by atoms with Crippen molar-refractivity contribution >= 4 is 5.97 Å². The van der Waals surface area contributed by atoms with Crippen molar-refractivity contribution in [2.45, 2.75) is 31.8 Å². The zero-order valence-electron chi connectivity index (χ0n) is 8.44. The van der Waals surface area contributed by atoms with Crippen LogP contribution in [0, 0.1) is 0 Å². The Labute approximate surface area is 88.3 Å². The van der Waals surface area contributed by atoms with E-state index in [1.54, 1.807) is 6.07 Å². The number of aromatic nitrogens is 1. The molecule has 4 nitrogen and oxygen atoms in total. The second kappa shape index (κ2) is 4.40. The number of carbonyl (C=O) groups is 1. The predicted octanol–water partition coefficient (Wildman–Crippen LogP) is 1.42. The minimum absolute atomic E-state index is 0.114. The molecule has 2 N–H and O–H groups in total. The van der Waals surface area contributed by atoms with Crippen LogP contribution in [0.4, 0.5) is 0 Å². The lowest BCUT2D eigenvalue weighted by atomic mass is 9.93. The van der Waals surface area contributed by atoms with Gasteiger partial charge in [-0.2, -0.15) is 0 Å².